The molecule has 4 heterocycles. The molecule has 0 saturated heterocycles. The summed E-state index contributed by atoms with van der Waals surface area (Å²) in [5, 5.41) is 7.12. The van der Waals surface area contributed by atoms with Gasteiger partial charge in [-0.15, -0.1) is 0 Å². The molecule has 0 aliphatic rings. The van der Waals surface area contributed by atoms with Gasteiger partial charge in [0.1, 0.15) is 17.0 Å². The fourth-order valence-electron chi connectivity index (χ4n) is 6.83. The van der Waals surface area contributed by atoms with Crippen molar-refractivity contribution in [2.75, 3.05) is 0 Å². The van der Waals surface area contributed by atoms with Crippen LogP contribution in [0.4, 0.5) is 0 Å². The maximum Gasteiger partial charge on any atom is 0.137 e. The zero-order valence-electron chi connectivity index (χ0n) is 24.3. The first-order valence-corrected chi connectivity index (χ1v) is 14.8. The number of furan rings is 1. The molecular weight excluding hydrogens is 526 g/mol. The molecule has 0 unspecified atom stereocenters. The van der Waals surface area contributed by atoms with Gasteiger partial charge >= 0.3 is 0 Å². The van der Waals surface area contributed by atoms with Crippen LogP contribution in [0.5, 0.6) is 0 Å². The van der Waals surface area contributed by atoms with Gasteiger partial charge in [-0.05, 0) is 48.5 Å². The van der Waals surface area contributed by atoms with Crippen LogP contribution in [0.1, 0.15) is 26.5 Å². The number of aromatic nitrogens is 3. The van der Waals surface area contributed by atoms with Crippen molar-refractivity contribution in [3.05, 3.63) is 127 Å². The standard InChI is InChI=1S/C39H29N3O/c1-39(2,3)35-17-10-18-36(40-35)42-32-15-8-5-12-26(32)29-21-20-28-25-11-4-7-14-31(25)41(37(28)38(29)42)24-19-22-34-30(23-24)27-13-6-9-16-33(27)43-34/h4-23H,1-3H3. The van der Waals surface area contributed by atoms with Crippen molar-refractivity contribution in [2.45, 2.75) is 26.2 Å². The third kappa shape index (κ3) is 3.41. The molecule has 4 nitrogen and oxygen atoms in total. The SMILES string of the molecule is CC(C)(C)c1cccc(-n2c3ccccc3c3ccc4c5ccccc5n(-c5ccc6oc7ccccc7c6c5)c4c32)n1. The van der Waals surface area contributed by atoms with Gasteiger partial charge in [0.2, 0.25) is 0 Å². The summed E-state index contributed by atoms with van der Waals surface area (Å²) < 4.78 is 11.0. The number of hydrogen-bond donors (Lipinski definition) is 0. The van der Waals surface area contributed by atoms with Crippen LogP contribution in [0.2, 0.25) is 0 Å². The molecule has 0 saturated carbocycles. The minimum Gasteiger partial charge on any atom is -0.456 e. The van der Waals surface area contributed by atoms with E-state index < -0.39 is 0 Å². The van der Waals surface area contributed by atoms with Gasteiger partial charge in [0, 0.05) is 49.1 Å². The van der Waals surface area contributed by atoms with Gasteiger partial charge < -0.3 is 8.98 Å². The van der Waals surface area contributed by atoms with Crippen molar-refractivity contribution in [3.8, 4) is 11.5 Å². The summed E-state index contributed by atoms with van der Waals surface area (Å²) in [5.41, 5.74) is 8.56. The van der Waals surface area contributed by atoms with E-state index in [1.807, 2.05) is 12.1 Å². The molecule has 206 valence electrons. The zero-order valence-corrected chi connectivity index (χ0v) is 24.3. The van der Waals surface area contributed by atoms with Gasteiger partial charge in [-0.2, -0.15) is 0 Å². The quantitative estimate of drug-likeness (QED) is 0.213. The Kier molecular flexibility index (Phi) is 4.85. The van der Waals surface area contributed by atoms with E-state index in [9.17, 15) is 0 Å². The summed E-state index contributed by atoms with van der Waals surface area (Å²) in [4.78, 5) is 5.26. The summed E-state index contributed by atoms with van der Waals surface area (Å²) >= 11 is 0. The first-order chi connectivity index (χ1) is 21.0. The molecule has 5 aromatic carbocycles. The minimum atomic E-state index is -0.0677. The van der Waals surface area contributed by atoms with Gasteiger partial charge in [-0.25, -0.2) is 4.98 Å². The molecule has 0 amide bonds. The Morgan fingerprint density at radius 2 is 1.12 bits per heavy atom. The number of pyridine rings is 1. The predicted octanol–water partition coefficient (Wildman–Crippen LogP) is 10.5. The molecule has 43 heavy (non-hydrogen) atoms. The predicted molar refractivity (Wildman–Crippen MR) is 179 cm³/mol. The molecule has 4 aromatic heterocycles. The summed E-state index contributed by atoms with van der Waals surface area (Å²) in [6.45, 7) is 6.66. The van der Waals surface area contributed by atoms with Crippen LogP contribution in [0.25, 0.3) is 77.1 Å². The van der Waals surface area contributed by atoms with Gasteiger partial charge in [-0.3, -0.25) is 4.57 Å². The largest absolute Gasteiger partial charge is 0.456 e. The summed E-state index contributed by atoms with van der Waals surface area (Å²) in [6.07, 6.45) is 0. The third-order valence-electron chi connectivity index (χ3n) is 8.82. The lowest BCUT2D eigenvalue weighted by Gasteiger charge is -2.19. The molecule has 9 aromatic rings. The highest BCUT2D eigenvalue weighted by atomic mass is 16.3. The highest BCUT2D eigenvalue weighted by Crippen LogP contribution is 2.42. The monoisotopic (exact) mass is 555 g/mol. The van der Waals surface area contributed by atoms with Crippen molar-refractivity contribution in [1.82, 2.24) is 14.1 Å². The molecule has 0 aliphatic heterocycles. The van der Waals surface area contributed by atoms with Crippen molar-refractivity contribution in [1.29, 1.82) is 0 Å². The maximum absolute atomic E-state index is 6.20. The second-order valence-electron chi connectivity index (χ2n) is 12.5. The molecule has 0 N–H and O–H groups in total. The lowest BCUT2D eigenvalue weighted by atomic mass is 9.92. The van der Waals surface area contributed by atoms with E-state index in [4.69, 9.17) is 9.40 Å². The summed E-state index contributed by atoms with van der Waals surface area (Å²) in [6, 6.07) is 43.2. The van der Waals surface area contributed by atoms with Crippen LogP contribution < -0.4 is 0 Å². The Balaban J connectivity index is 1.48. The average molecular weight is 556 g/mol. The van der Waals surface area contributed by atoms with Gasteiger partial charge in [0.15, 0.2) is 0 Å². The van der Waals surface area contributed by atoms with E-state index in [1.54, 1.807) is 0 Å². The first kappa shape index (κ1) is 24.3. The van der Waals surface area contributed by atoms with Gasteiger partial charge in [-0.1, -0.05) is 93.6 Å². The van der Waals surface area contributed by atoms with Crippen LogP contribution in [0.3, 0.4) is 0 Å². The second-order valence-corrected chi connectivity index (χ2v) is 12.5. The summed E-state index contributed by atoms with van der Waals surface area (Å²) in [7, 11) is 0. The molecule has 0 spiro atoms. The molecular formula is C39H29N3O. The Morgan fingerprint density at radius 3 is 1.84 bits per heavy atom. The Hall–Kier alpha value is -5.35. The number of para-hydroxylation sites is 3. The van der Waals surface area contributed by atoms with E-state index in [-0.39, 0.29) is 5.41 Å². The Morgan fingerprint density at radius 1 is 0.512 bits per heavy atom. The third-order valence-corrected chi connectivity index (χ3v) is 8.82. The van der Waals surface area contributed by atoms with Crippen molar-refractivity contribution >= 4 is 65.6 Å². The zero-order chi connectivity index (χ0) is 28.9. The molecule has 0 bridgehead atoms. The number of rotatable bonds is 2. The fourth-order valence-corrected chi connectivity index (χ4v) is 6.83. The smallest absolute Gasteiger partial charge is 0.137 e. The Bertz CT molecular complexity index is 2550. The van der Waals surface area contributed by atoms with Crippen molar-refractivity contribution in [2.24, 2.45) is 0 Å². The van der Waals surface area contributed by atoms with Crippen molar-refractivity contribution < 1.29 is 4.42 Å². The normalized spacial score (nSPS) is 12.5. The van der Waals surface area contributed by atoms with E-state index in [0.717, 1.165) is 50.2 Å². The van der Waals surface area contributed by atoms with Crippen LogP contribution in [0, 0.1) is 0 Å². The highest BCUT2D eigenvalue weighted by Gasteiger charge is 2.23. The van der Waals surface area contributed by atoms with E-state index >= 15 is 0 Å². The number of benzene rings is 5. The molecule has 0 fully saturated rings. The Labute approximate surface area is 248 Å². The topological polar surface area (TPSA) is 35.9 Å². The highest BCUT2D eigenvalue weighted by molar-refractivity contribution is 6.24. The minimum absolute atomic E-state index is 0.0677. The molecule has 9 rings (SSSR count). The molecule has 0 atom stereocenters. The molecule has 0 aliphatic carbocycles. The van der Waals surface area contributed by atoms with Crippen LogP contribution in [-0.4, -0.2) is 14.1 Å². The van der Waals surface area contributed by atoms with E-state index in [2.05, 4.69) is 139 Å². The lowest BCUT2D eigenvalue weighted by molar-refractivity contribution is 0.568. The fraction of sp³-hybridized carbons (Fsp3) is 0.103. The van der Waals surface area contributed by atoms with Crippen molar-refractivity contribution in [3.63, 3.8) is 0 Å². The molecule has 0 radical (unpaired) electrons. The lowest BCUT2D eigenvalue weighted by Crippen LogP contribution is -2.14. The van der Waals surface area contributed by atoms with Gasteiger partial charge in [0.25, 0.3) is 0 Å². The maximum atomic E-state index is 6.20. The molecule has 4 heteroatoms. The van der Waals surface area contributed by atoms with Crippen LogP contribution in [-0.2, 0) is 5.41 Å². The number of hydrogen-bond acceptors (Lipinski definition) is 2. The number of nitrogens with zero attached hydrogens (tertiary/aromatic N) is 3. The van der Waals surface area contributed by atoms with Crippen LogP contribution in [0.15, 0.2) is 126 Å². The first-order valence-electron chi connectivity index (χ1n) is 14.8. The van der Waals surface area contributed by atoms with E-state index in [0.29, 0.717) is 0 Å². The summed E-state index contributed by atoms with van der Waals surface area (Å²) in [5.74, 6) is 0.930. The average Bonchev–Trinajstić information content (AvgIpc) is 3.68. The van der Waals surface area contributed by atoms with E-state index in [1.165, 1.54) is 32.6 Å². The van der Waals surface area contributed by atoms with Gasteiger partial charge in [0.05, 0.1) is 22.1 Å². The number of fused-ring (bicyclic) bond motifs is 10. The second kappa shape index (κ2) is 8.59. The van der Waals surface area contributed by atoms with Crippen LogP contribution >= 0.6 is 0 Å².